The lowest BCUT2D eigenvalue weighted by Crippen LogP contribution is -2.74. The van der Waals surface area contributed by atoms with Crippen molar-refractivity contribution < 1.29 is 54.1 Å². The Morgan fingerprint density at radius 3 is 2.03 bits per heavy atom. The van der Waals surface area contributed by atoms with Gasteiger partial charge in [0, 0.05) is 6.42 Å². The van der Waals surface area contributed by atoms with E-state index >= 15 is 0 Å². The van der Waals surface area contributed by atoms with Crippen molar-refractivity contribution in [1.82, 2.24) is 5.32 Å². The van der Waals surface area contributed by atoms with Crippen molar-refractivity contribution in [1.29, 1.82) is 0 Å². The van der Waals surface area contributed by atoms with E-state index in [-0.39, 0.29) is 13.2 Å². The summed E-state index contributed by atoms with van der Waals surface area (Å²) in [5.41, 5.74) is -1.59. The topological polar surface area (TPSA) is 192 Å². The second-order valence-corrected chi connectivity index (χ2v) is 8.77. The molecule has 1 fully saturated rings. The van der Waals surface area contributed by atoms with Crippen molar-refractivity contribution in [3.63, 3.8) is 0 Å². The number of carbonyl (C=O) groups excluding carboxylic acids is 3. The Kier molecular flexibility index (Phi) is 9.55. The van der Waals surface area contributed by atoms with Crippen molar-refractivity contribution in [2.24, 2.45) is 0 Å². The standard InChI is InChI=1S/C26H31NO11/c1-2-36-23(33)25(13-16-9-5-3-6-10-16,24(34)37-15-17-11-7-4-8-12-17)27-22(32)26(35)21(31)20(30)19(29)18(14-28)38-26/h3-12,18-21,28-31,35H,2,13-15H2,1H3,(H,27,32)/t18-,19+,20+,21-,25?,26+/m1/s1. The van der Waals surface area contributed by atoms with Gasteiger partial charge in [-0.1, -0.05) is 60.7 Å². The number of rotatable bonds is 10. The molecule has 1 unspecified atom stereocenters. The minimum Gasteiger partial charge on any atom is -0.464 e. The maximum Gasteiger partial charge on any atom is 0.344 e. The summed E-state index contributed by atoms with van der Waals surface area (Å²) in [5, 5.41) is 53.1. The lowest BCUT2D eigenvalue weighted by Gasteiger charge is -2.45. The van der Waals surface area contributed by atoms with Crippen LogP contribution in [0.25, 0.3) is 0 Å². The number of hydrogen-bond donors (Lipinski definition) is 6. The predicted octanol–water partition coefficient (Wildman–Crippen LogP) is -1.45. The fourth-order valence-corrected chi connectivity index (χ4v) is 4.00. The molecule has 1 heterocycles. The largest absolute Gasteiger partial charge is 0.464 e. The summed E-state index contributed by atoms with van der Waals surface area (Å²) in [6.45, 7) is 0.0879. The van der Waals surface area contributed by atoms with Gasteiger partial charge in [0.2, 0.25) is 5.54 Å². The molecule has 2 aromatic rings. The van der Waals surface area contributed by atoms with Crippen molar-refractivity contribution in [2.45, 2.75) is 55.7 Å². The minimum absolute atomic E-state index is 0.182. The zero-order valence-corrected chi connectivity index (χ0v) is 20.6. The fourth-order valence-electron chi connectivity index (χ4n) is 4.00. The molecule has 0 saturated carbocycles. The molecule has 12 heteroatoms. The van der Waals surface area contributed by atoms with Crippen molar-refractivity contribution in [2.75, 3.05) is 13.2 Å². The molecule has 1 amide bonds. The van der Waals surface area contributed by atoms with E-state index in [0.717, 1.165) is 0 Å². The Morgan fingerprint density at radius 2 is 1.47 bits per heavy atom. The van der Waals surface area contributed by atoms with Crippen LogP contribution in [0.1, 0.15) is 18.1 Å². The third kappa shape index (κ3) is 6.01. The highest BCUT2D eigenvalue weighted by Crippen LogP contribution is 2.30. The van der Waals surface area contributed by atoms with E-state index in [9.17, 15) is 39.9 Å². The number of amides is 1. The number of ether oxygens (including phenoxy) is 3. The van der Waals surface area contributed by atoms with Crippen LogP contribution in [-0.4, -0.2) is 92.3 Å². The first-order chi connectivity index (χ1) is 18.1. The van der Waals surface area contributed by atoms with Gasteiger partial charge in [-0.05, 0) is 18.1 Å². The molecule has 38 heavy (non-hydrogen) atoms. The van der Waals surface area contributed by atoms with Crippen molar-refractivity contribution in [3.05, 3.63) is 71.8 Å². The van der Waals surface area contributed by atoms with Crippen LogP contribution in [0.2, 0.25) is 0 Å². The highest BCUT2D eigenvalue weighted by atomic mass is 16.7. The Labute approximate surface area is 218 Å². The van der Waals surface area contributed by atoms with Crippen LogP contribution in [0.15, 0.2) is 60.7 Å². The summed E-state index contributed by atoms with van der Waals surface area (Å²) in [6, 6.07) is 16.6. The van der Waals surface area contributed by atoms with E-state index in [4.69, 9.17) is 14.2 Å². The van der Waals surface area contributed by atoms with Crippen molar-refractivity contribution in [3.8, 4) is 0 Å². The number of carbonyl (C=O) groups is 3. The van der Waals surface area contributed by atoms with E-state index in [1.54, 1.807) is 60.7 Å². The molecule has 2 aromatic carbocycles. The number of nitrogens with one attached hydrogen (secondary N) is 1. The average Bonchev–Trinajstić information content (AvgIpc) is 2.93. The lowest BCUT2D eigenvalue weighted by atomic mass is 9.87. The number of esters is 2. The molecule has 0 spiro atoms. The zero-order valence-electron chi connectivity index (χ0n) is 20.6. The summed E-state index contributed by atoms with van der Waals surface area (Å²) < 4.78 is 15.6. The quantitative estimate of drug-likeness (QED) is 0.155. The first-order valence-corrected chi connectivity index (χ1v) is 11.9. The third-order valence-electron chi connectivity index (χ3n) is 6.12. The number of aliphatic hydroxyl groups is 5. The van der Waals surface area contributed by atoms with Gasteiger partial charge in [0.25, 0.3) is 11.7 Å². The van der Waals surface area contributed by atoms with Crippen LogP contribution in [0.5, 0.6) is 0 Å². The van der Waals surface area contributed by atoms with Gasteiger partial charge in [-0.3, -0.25) is 4.79 Å². The van der Waals surface area contributed by atoms with E-state index < -0.39 is 66.6 Å². The van der Waals surface area contributed by atoms with Crippen LogP contribution < -0.4 is 5.32 Å². The van der Waals surface area contributed by atoms with Gasteiger partial charge in [-0.15, -0.1) is 0 Å². The number of benzene rings is 2. The maximum absolute atomic E-state index is 13.5. The zero-order chi connectivity index (χ0) is 27.9. The first-order valence-electron chi connectivity index (χ1n) is 11.9. The van der Waals surface area contributed by atoms with Crippen molar-refractivity contribution >= 4 is 17.8 Å². The van der Waals surface area contributed by atoms with Crippen LogP contribution in [0, 0.1) is 0 Å². The highest BCUT2D eigenvalue weighted by molar-refractivity contribution is 6.09. The monoisotopic (exact) mass is 533 g/mol. The Balaban J connectivity index is 2.02. The molecule has 3 rings (SSSR count). The van der Waals surface area contributed by atoms with Crippen LogP contribution in [-0.2, 0) is 41.6 Å². The van der Waals surface area contributed by atoms with Gasteiger partial charge in [-0.25, -0.2) is 9.59 Å². The molecule has 6 atom stereocenters. The van der Waals surface area contributed by atoms with Gasteiger partial charge in [0.1, 0.15) is 31.0 Å². The minimum atomic E-state index is -3.28. The van der Waals surface area contributed by atoms with Gasteiger partial charge in [0.05, 0.1) is 13.2 Å². The molecule has 12 nitrogen and oxygen atoms in total. The van der Waals surface area contributed by atoms with Gasteiger partial charge < -0.3 is 45.1 Å². The van der Waals surface area contributed by atoms with Gasteiger partial charge in [0.15, 0.2) is 0 Å². The molecular formula is C26H31NO11. The van der Waals surface area contributed by atoms with E-state index in [2.05, 4.69) is 5.32 Å². The summed E-state index contributed by atoms with van der Waals surface area (Å²) >= 11 is 0. The average molecular weight is 534 g/mol. The molecule has 0 aromatic heterocycles. The molecule has 0 radical (unpaired) electrons. The van der Waals surface area contributed by atoms with Crippen LogP contribution >= 0.6 is 0 Å². The van der Waals surface area contributed by atoms with E-state index in [1.807, 2.05) is 0 Å². The Bertz CT molecular complexity index is 1100. The second kappa shape index (κ2) is 12.4. The normalized spacial score (nSPS) is 26.6. The third-order valence-corrected chi connectivity index (χ3v) is 6.12. The Morgan fingerprint density at radius 1 is 0.921 bits per heavy atom. The first kappa shape index (κ1) is 29.2. The van der Waals surface area contributed by atoms with Crippen LogP contribution in [0.4, 0.5) is 0 Å². The molecule has 206 valence electrons. The van der Waals surface area contributed by atoms with Gasteiger partial charge >= 0.3 is 11.9 Å². The second-order valence-electron chi connectivity index (χ2n) is 8.77. The number of hydrogen-bond acceptors (Lipinski definition) is 11. The van der Waals surface area contributed by atoms with Crippen LogP contribution in [0.3, 0.4) is 0 Å². The molecule has 1 aliphatic heterocycles. The lowest BCUT2D eigenvalue weighted by molar-refractivity contribution is -0.332. The maximum atomic E-state index is 13.5. The molecule has 0 bridgehead atoms. The fraction of sp³-hybridized carbons (Fsp3) is 0.423. The summed E-state index contributed by atoms with van der Waals surface area (Å²) in [7, 11) is 0. The SMILES string of the molecule is CCOC(=O)C(Cc1ccccc1)(NC(=O)[C@@]1(O)O[C@H](CO)[C@H](O)[C@H](O)[C@H]1O)C(=O)OCc1ccccc1. The molecule has 6 N–H and O–H groups in total. The predicted molar refractivity (Wildman–Crippen MR) is 129 cm³/mol. The molecule has 0 aliphatic carbocycles. The van der Waals surface area contributed by atoms with Gasteiger partial charge in [-0.2, -0.15) is 0 Å². The number of aliphatic hydroxyl groups excluding tert-OH is 4. The molecule has 1 saturated heterocycles. The highest BCUT2D eigenvalue weighted by Gasteiger charge is 2.60. The van der Waals surface area contributed by atoms with E-state index in [1.165, 1.54) is 6.92 Å². The summed E-state index contributed by atoms with van der Waals surface area (Å²) in [5.74, 6) is -7.34. The summed E-state index contributed by atoms with van der Waals surface area (Å²) in [4.78, 5) is 40.3. The smallest absolute Gasteiger partial charge is 0.344 e. The van der Waals surface area contributed by atoms with E-state index in [0.29, 0.717) is 11.1 Å². The summed E-state index contributed by atoms with van der Waals surface area (Å²) in [6.07, 6.45) is -8.55. The Hall–Kier alpha value is -3.39. The molecule has 1 aliphatic rings. The molecular weight excluding hydrogens is 502 g/mol.